The molecule has 3 rings (SSSR count). The molecule has 2 aliphatic carbocycles. The molecule has 1 amide bonds. The van der Waals surface area contributed by atoms with Crippen molar-refractivity contribution in [2.75, 3.05) is 19.8 Å². The summed E-state index contributed by atoms with van der Waals surface area (Å²) >= 11 is 0. The molecule has 1 aromatic carbocycles. The lowest BCUT2D eigenvalue weighted by atomic mass is 9.95. The van der Waals surface area contributed by atoms with Crippen LogP contribution in [-0.2, 0) is 14.9 Å². The molecule has 1 aromatic rings. The van der Waals surface area contributed by atoms with Gasteiger partial charge in [0.15, 0.2) is 0 Å². The molecule has 0 aliphatic heterocycles. The normalized spacial score (nSPS) is 19.3. The Bertz CT molecular complexity index is 492. The molecule has 0 bridgehead atoms. The van der Waals surface area contributed by atoms with Crippen molar-refractivity contribution in [3.05, 3.63) is 35.6 Å². The Kier molecular flexibility index (Phi) is 4.24. The Morgan fingerprint density at radius 2 is 2.00 bits per heavy atom. The second-order valence-corrected chi connectivity index (χ2v) is 6.22. The quantitative estimate of drug-likeness (QED) is 0.748. The maximum Gasteiger partial charge on any atom is 0.230 e. The molecular formula is C17H22FNO2. The van der Waals surface area contributed by atoms with E-state index in [1.54, 1.807) is 12.1 Å². The molecule has 0 unspecified atom stereocenters. The zero-order chi connectivity index (χ0) is 14.7. The van der Waals surface area contributed by atoms with Crippen molar-refractivity contribution in [1.82, 2.24) is 5.32 Å². The van der Waals surface area contributed by atoms with Gasteiger partial charge in [-0.25, -0.2) is 4.39 Å². The van der Waals surface area contributed by atoms with Crippen LogP contribution in [0.4, 0.5) is 4.39 Å². The van der Waals surface area contributed by atoms with E-state index in [2.05, 4.69) is 5.32 Å². The fourth-order valence-electron chi connectivity index (χ4n) is 2.62. The van der Waals surface area contributed by atoms with E-state index in [9.17, 15) is 9.18 Å². The molecule has 2 saturated carbocycles. The fourth-order valence-corrected chi connectivity index (χ4v) is 2.62. The highest BCUT2D eigenvalue weighted by molar-refractivity contribution is 5.91. The first kappa shape index (κ1) is 14.5. The molecule has 0 saturated heterocycles. The highest BCUT2D eigenvalue weighted by Gasteiger charge is 2.50. The Morgan fingerprint density at radius 3 is 2.62 bits per heavy atom. The molecule has 0 heterocycles. The van der Waals surface area contributed by atoms with Gasteiger partial charge in [-0.2, -0.15) is 0 Å². The third kappa shape index (κ3) is 3.62. The second-order valence-electron chi connectivity index (χ2n) is 6.22. The molecular weight excluding hydrogens is 269 g/mol. The van der Waals surface area contributed by atoms with Crippen LogP contribution in [0.15, 0.2) is 24.3 Å². The minimum atomic E-state index is -0.414. The van der Waals surface area contributed by atoms with E-state index in [0.717, 1.165) is 37.4 Å². The Hall–Kier alpha value is -1.42. The van der Waals surface area contributed by atoms with Gasteiger partial charge in [0, 0.05) is 19.8 Å². The topological polar surface area (TPSA) is 38.3 Å². The molecule has 0 aromatic heterocycles. The predicted octanol–water partition coefficient (Wildman–Crippen LogP) is 2.79. The lowest BCUT2D eigenvalue weighted by Crippen LogP contribution is -2.35. The second kappa shape index (κ2) is 6.14. The van der Waals surface area contributed by atoms with Crippen LogP contribution in [0.1, 0.15) is 37.7 Å². The Balaban J connectivity index is 1.40. The average molecular weight is 291 g/mol. The molecule has 3 nitrogen and oxygen atoms in total. The van der Waals surface area contributed by atoms with Crippen molar-refractivity contribution in [3.63, 3.8) is 0 Å². The number of benzene rings is 1. The number of amides is 1. The van der Waals surface area contributed by atoms with Crippen molar-refractivity contribution < 1.29 is 13.9 Å². The number of ether oxygens (including phenoxy) is 1. The highest BCUT2D eigenvalue weighted by Crippen LogP contribution is 2.48. The number of hydrogen-bond donors (Lipinski definition) is 1. The standard InChI is InChI=1S/C17H22FNO2/c18-15-6-4-14(5-7-15)17(8-9-17)16(20)19-10-1-11-21-12-13-2-3-13/h4-7,13H,1-3,8-12H2,(H,19,20). The van der Waals surface area contributed by atoms with Crippen molar-refractivity contribution in [2.24, 2.45) is 5.92 Å². The van der Waals surface area contributed by atoms with Crippen molar-refractivity contribution in [1.29, 1.82) is 0 Å². The number of rotatable bonds is 8. The monoisotopic (exact) mass is 291 g/mol. The summed E-state index contributed by atoms with van der Waals surface area (Å²) in [4.78, 5) is 12.3. The molecule has 0 atom stereocenters. The van der Waals surface area contributed by atoms with Crippen LogP contribution >= 0.6 is 0 Å². The third-order valence-electron chi connectivity index (χ3n) is 4.38. The van der Waals surface area contributed by atoms with Gasteiger partial charge in [0.1, 0.15) is 5.82 Å². The molecule has 2 aliphatic rings. The van der Waals surface area contributed by atoms with Gasteiger partial charge >= 0.3 is 0 Å². The van der Waals surface area contributed by atoms with E-state index in [1.807, 2.05) is 0 Å². The Labute approximate surface area is 124 Å². The zero-order valence-electron chi connectivity index (χ0n) is 12.2. The van der Waals surface area contributed by atoms with Crippen molar-refractivity contribution in [3.8, 4) is 0 Å². The van der Waals surface area contributed by atoms with Crippen LogP contribution in [0.3, 0.4) is 0 Å². The van der Waals surface area contributed by atoms with Gasteiger partial charge in [0.25, 0.3) is 0 Å². The van der Waals surface area contributed by atoms with Crippen LogP contribution < -0.4 is 5.32 Å². The van der Waals surface area contributed by atoms with Crippen LogP contribution in [0, 0.1) is 11.7 Å². The van der Waals surface area contributed by atoms with E-state index in [1.165, 1.54) is 25.0 Å². The molecule has 1 N–H and O–H groups in total. The number of hydrogen-bond acceptors (Lipinski definition) is 2. The van der Waals surface area contributed by atoms with Gasteiger partial charge in [-0.05, 0) is 55.7 Å². The van der Waals surface area contributed by atoms with Gasteiger partial charge in [-0.1, -0.05) is 12.1 Å². The smallest absolute Gasteiger partial charge is 0.230 e. The maximum atomic E-state index is 13.0. The number of carbonyl (C=O) groups excluding carboxylic acids is 1. The molecule has 114 valence electrons. The lowest BCUT2D eigenvalue weighted by Gasteiger charge is -2.15. The van der Waals surface area contributed by atoms with Crippen molar-refractivity contribution in [2.45, 2.75) is 37.5 Å². The third-order valence-corrected chi connectivity index (χ3v) is 4.38. The van der Waals surface area contributed by atoms with E-state index in [0.29, 0.717) is 13.2 Å². The first-order valence-electron chi connectivity index (χ1n) is 7.83. The van der Waals surface area contributed by atoms with Crippen LogP contribution in [0.25, 0.3) is 0 Å². The lowest BCUT2D eigenvalue weighted by molar-refractivity contribution is -0.123. The molecule has 21 heavy (non-hydrogen) atoms. The fraction of sp³-hybridized carbons (Fsp3) is 0.588. The van der Waals surface area contributed by atoms with Gasteiger partial charge in [-0.15, -0.1) is 0 Å². The van der Waals surface area contributed by atoms with Crippen LogP contribution in [0.2, 0.25) is 0 Å². The van der Waals surface area contributed by atoms with Gasteiger partial charge in [0.2, 0.25) is 5.91 Å². The average Bonchev–Trinajstić information content (AvgIpc) is 3.37. The summed E-state index contributed by atoms with van der Waals surface area (Å²) in [6.07, 6.45) is 5.15. The summed E-state index contributed by atoms with van der Waals surface area (Å²) in [5, 5.41) is 2.99. The molecule has 4 heteroatoms. The van der Waals surface area contributed by atoms with E-state index >= 15 is 0 Å². The van der Waals surface area contributed by atoms with E-state index < -0.39 is 5.41 Å². The first-order valence-corrected chi connectivity index (χ1v) is 7.83. The summed E-state index contributed by atoms with van der Waals surface area (Å²) in [5.74, 6) is 0.590. The molecule has 2 fully saturated rings. The SMILES string of the molecule is O=C(NCCCOCC1CC1)C1(c2ccc(F)cc2)CC1. The van der Waals surface area contributed by atoms with Crippen LogP contribution in [0.5, 0.6) is 0 Å². The van der Waals surface area contributed by atoms with E-state index in [4.69, 9.17) is 4.74 Å². The minimum absolute atomic E-state index is 0.0660. The predicted molar refractivity (Wildman–Crippen MR) is 78.5 cm³/mol. The summed E-state index contributed by atoms with van der Waals surface area (Å²) in [6.45, 7) is 2.22. The minimum Gasteiger partial charge on any atom is -0.381 e. The van der Waals surface area contributed by atoms with Gasteiger partial charge in [-0.3, -0.25) is 4.79 Å². The number of nitrogens with one attached hydrogen (secondary N) is 1. The first-order chi connectivity index (χ1) is 10.2. The van der Waals surface area contributed by atoms with Crippen LogP contribution in [-0.4, -0.2) is 25.7 Å². The number of carbonyl (C=O) groups is 1. The summed E-state index contributed by atoms with van der Waals surface area (Å²) < 4.78 is 18.5. The molecule has 0 radical (unpaired) electrons. The number of halogens is 1. The largest absolute Gasteiger partial charge is 0.381 e. The highest BCUT2D eigenvalue weighted by atomic mass is 19.1. The van der Waals surface area contributed by atoms with Gasteiger partial charge < -0.3 is 10.1 Å². The zero-order valence-corrected chi connectivity index (χ0v) is 12.2. The van der Waals surface area contributed by atoms with Crippen molar-refractivity contribution >= 4 is 5.91 Å². The maximum absolute atomic E-state index is 13.0. The summed E-state index contributed by atoms with van der Waals surface area (Å²) in [5.41, 5.74) is 0.508. The summed E-state index contributed by atoms with van der Waals surface area (Å²) in [7, 11) is 0. The molecule has 0 spiro atoms. The van der Waals surface area contributed by atoms with E-state index in [-0.39, 0.29) is 11.7 Å². The van der Waals surface area contributed by atoms with Gasteiger partial charge in [0.05, 0.1) is 5.41 Å². The Morgan fingerprint density at radius 1 is 1.29 bits per heavy atom. The summed E-state index contributed by atoms with van der Waals surface area (Å²) in [6, 6.07) is 6.30.